The van der Waals surface area contributed by atoms with Gasteiger partial charge in [-0.1, -0.05) is 61.7 Å². The lowest BCUT2D eigenvalue weighted by atomic mass is 9.61. The molecule has 2 heterocycles. The van der Waals surface area contributed by atoms with Crippen LogP contribution in [0.1, 0.15) is 48.9 Å². The van der Waals surface area contributed by atoms with Gasteiger partial charge in [0.05, 0.1) is 0 Å². The molecule has 0 radical (unpaired) electrons. The molecule has 1 unspecified atom stereocenters. The van der Waals surface area contributed by atoms with Crippen molar-refractivity contribution in [2.24, 2.45) is 5.92 Å². The molecule has 1 atom stereocenters. The number of tetrazole rings is 1. The number of nitrogens with one attached hydrogen (secondary N) is 1. The number of H-pyrrole nitrogens is 1. The molecule has 0 spiro atoms. The van der Waals surface area contributed by atoms with Gasteiger partial charge in [0.1, 0.15) is 6.33 Å². The standard InChI is InChI=1S/C20H22N6/c1-3-7-15(8-4-1)20(16-9-5-2-6-10-16)12-11-17-18(13-20)22-23-19(17)26-14-21-24-25-26/h1,3-4,7-8,11-12,14,16H,2,5-6,9-10,13H2,(H,22,23). The van der Waals surface area contributed by atoms with Crippen molar-refractivity contribution in [3.05, 3.63) is 59.6 Å². The molecule has 1 fully saturated rings. The predicted octanol–water partition coefficient (Wildman–Crippen LogP) is 3.47. The highest BCUT2D eigenvalue weighted by atomic mass is 15.5. The zero-order valence-electron chi connectivity index (χ0n) is 14.7. The van der Waals surface area contributed by atoms with E-state index in [9.17, 15) is 0 Å². The van der Waals surface area contributed by atoms with Crippen molar-refractivity contribution >= 4 is 6.08 Å². The molecule has 5 rings (SSSR count). The molecular formula is C20H22N6. The van der Waals surface area contributed by atoms with Crippen LogP contribution in [-0.2, 0) is 11.8 Å². The summed E-state index contributed by atoms with van der Waals surface area (Å²) < 4.78 is 1.62. The molecular weight excluding hydrogens is 324 g/mol. The van der Waals surface area contributed by atoms with Crippen molar-refractivity contribution in [2.45, 2.75) is 43.9 Å². The molecule has 2 aliphatic rings. The third-order valence-electron chi connectivity index (χ3n) is 6.09. The van der Waals surface area contributed by atoms with Crippen LogP contribution < -0.4 is 0 Å². The molecule has 1 aromatic carbocycles. The number of nitrogens with zero attached hydrogens (tertiary/aromatic N) is 5. The molecule has 1 saturated carbocycles. The average molecular weight is 346 g/mol. The van der Waals surface area contributed by atoms with E-state index < -0.39 is 0 Å². The summed E-state index contributed by atoms with van der Waals surface area (Å²) in [6.45, 7) is 0. The summed E-state index contributed by atoms with van der Waals surface area (Å²) in [4.78, 5) is 0. The maximum absolute atomic E-state index is 4.49. The average Bonchev–Trinajstić information content (AvgIpc) is 3.38. The van der Waals surface area contributed by atoms with E-state index in [0.29, 0.717) is 5.92 Å². The molecule has 0 amide bonds. The number of benzene rings is 1. The monoisotopic (exact) mass is 346 g/mol. The maximum atomic E-state index is 4.49. The Hall–Kier alpha value is -2.76. The Morgan fingerprint density at radius 1 is 1.08 bits per heavy atom. The molecule has 1 N–H and O–H groups in total. The predicted molar refractivity (Wildman–Crippen MR) is 98.7 cm³/mol. The quantitative estimate of drug-likeness (QED) is 0.788. The highest BCUT2D eigenvalue weighted by Crippen LogP contribution is 2.47. The summed E-state index contributed by atoms with van der Waals surface area (Å²) in [6.07, 6.45) is 13.8. The van der Waals surface area contributed by atoms with Gasteiger partial charge in [-0.25, -0.2) is 0 Å². The summed E-state index contributed by atoms with van der Waals surface area (Å²) in [5.41, 5.74) is 3.72. The van der Waals surface area contributed by atoms with Crippen molar-refractivity contribution < 1.29 is 0 Å². The number of allylic oxidation sites excluding steroid dienone is 1. The van der Waals surface area contributed by atoms with Gasteiger partial charge in [-0.3, -0.25) is 5.10 Å². The van der Waals surface area contributed by atoms with Crippen LogP contribution in [-0.4, -0.2) is 30.4 Å². The van der Waals surface area contributed by atoms with Crippen molar-refractivity contribution in [3.63, 3.8) is 0 Å². The Morgan fingerprint density at radius 3 is 2.69 bits per heavy atom. The summed E-state index contributed by atoms with van der Waals surface area (Å²) in [7, 11) is 0. The van der Waals surface area contributed by atoms with Crippen LogP contribution in [0, 0.1) is 5.92 Å². The molecule has 0 saturated heterocycles. The first kappa shape index (κ1) is 15.5. The molecule has 2 aromatic heterocycles. The van der Waals surface area contributed by atoms with Crippen LogP contribution in [0.25, 0.3) is 11.9 Å². The van der Waals surface area contributed by atoms with Crippen molar-refractivity contribution in [2.75, 3.05) is 0 Å². The van der Waals surface area contributed by atoms with E-state index in [4.69, 9.17) is 0 Å². The van der Waals surface area contributed by atoms with E-state index in [1.165, 1.54) is 43.4 Å². The van der Waals surface area contributed by atoms with Crippen LogP contribution in [0.15, 0.2) is 42.7 Å². The molecule has 0 aliphatic heterocycles. The number of aromatic amines is 1. The Labute approximate surface area is 152 Å². The molecule has 132 valence electrons. The molecule has 3 aromatic rings. The van der Waals surface area contributed by atoms with E-state index in [2.05, 4.69) is 68.2 Å². The van der Waals surface area contributed by atoms with Gasteiger partial charge in [0.25, 0.3) is 0 Å². The van der Waals surface area contributed by atoms with Gasteiger partial charge >= 0.3 is 0 Å². The number of fused-ring (bicyclic) bond motifs is 1. The lowest BCUT2D eigenvalue weighted by molar-refractivity contribution is 0.241. The Bertz CT molecular complexity index is 905. The van der Waals surface area contributed by atoms with Crippen LogP contribution in [0.3, 0.4) is 0 Å². The topological polar surface area (TPSA) is 72.3 Å². The SMILES string of the molecule is C1=CC(c2ccccc2)(C2CCCCC2)Cc2[nH]nc(-n3cnnn3)c21. The zero-order chi connectivity index (χ0) is 17.4. The fourth-order valence-corrected chi connectivity index (χ4v) is 4.78. The van der Waals surface area contributed by atoms with Gasteiger partial charge in [-0.05, 0) is 34.7 Å². The number of rotatable bonds is 3. The lowest BCUT2D eigenvalue weighted by Crippen LogP contribution is -2.38. The third kappa shape index (κ3) is 2.40. The van der Waals surface area contributed by atoms with E-state index in [1.807, 2.05) is 0 Å². The molecule has 0 bridgehead atoms. The number of hydrogen-bond acceptors (Lipinski definition) is 4. The molecule has 6 nitrogen and oxygen atoms in total. The van der Waals surface area contributed by atoms with E-state index >= 15 is 0 Å². The second-order valence-corrected chi connectivity index (χ2v) is 7.45. The van der Waals surface area contributed by atoms with Gasteiger partial charge in [0.15, 0.2) is 5.82 Å². The number of hydrogen-bond donors (Lipinski definition) is 1. The fraction of sp³-hybridized carbons (Fsp3) is 0.400. The van der Waals surface area contributed by atoms with Gasteiger partial charge < -0.3 is 0 Å². The third-order valence-corrected chi connectivity index (χ3v) is 6.09. The zero-order valence-corrected chi connectivity index (χ0v) is 14.7. The fourth-order valence-electron chi connectivity index (χ4n) is 4.78. The summed E-state index contributed by atoms with van der Waals surface area (Å²) in [6, 6.07) is 11.0. The van der Waals surface area contributed by atoms with Gasteiger partial charge in [0.2, 0.25) is 0 Å². The minimum Gasteiger partial charge on any atom is -0.280 e. The van der Waals surface area contributed by atoms with Crippen LogP contribution >= 0.6 is 0 Å². The molecule has 26 heavy (non-hydrogen) atoms. The largest absolute Gasteiger partial charge is 0.280 e. The van der Waals surface area contributed by atoms with E-state index in [-0.39, 0.29) is 5.41 Å². The maximum Gasteiger partial charge on any atom is 0.185 e. The Kier molecular flexibility index (Phi) is 3.69. The number of aromatic nitrogens is 6. The van der Waals surface area contributed by atoms with Gasteiger partial charge in [-0.15, -0.1) is 5.10 Å². The minimum atomic E-state index is 0.0408. The van der Waals surface area contributed by atoms with Crippen LogP contribution in [0.2, 0.25) is 0 Å². The first-order valence-corrected chi connectivity index (χ1v) is 9.42. The highest BCUT2D eigenvalue weighted by molar-refractivity contribution is 5.65. The van der Waals surface area contributed by atoms with Gasteiger partial charge in [-0.2, -0.15) is 9.78 Å². The summed E-state index contributed by atoms with van der Waals surface area (Å²) >= 11 is 0. The van der Waals surface area contributed by atoms with Crippen molar-refractivity contribution in [1.82, 2.24) is 30.4 Å². The second kappa shape index (κ2) is 6.20. The van der Waals surface area contributed by atoms with Gasteiger partial charge in [0, 0.05) is 23.1 Å². The Morgan fingerprint density at radius 2 is 1.92 bits per heavy atom. The van der Waals surface area contributed by atoms with E-state index in [1.54, 1.807) is 11.0 Å². The lowest BCUT2D eigenvalue weighted by Gasteiger charge is -2.42. The van der Waals surface area contributed by atoms with E-state index in [0.717, 1.165) is 17.8 Å². The molecule has 6 heteroatoms. The smallest absolute Gasteiger partial charge is 0.185 e. The first-order valence-electron chi connectivity index (χ1n) is 9.42. The summed E-state index contributed by atoms with van der Waals surface area (Å²) in [5.74, 6) is 1.44. The second-order valence-electron chi connectivity index (χ2n) is 7.45. The van der Waals surface area contributed by atoms with Crippen LogP contribution in [0.4, 0.5) is 0 Å². The summed E-state index contributed by atoms with van der Waals surface area (Å²) in [5, 5.41) is 19.2. The van der Waals surface area contributed by atoms with Crippen LogP contribution in [0.5, 0.6) is 0 Å². The normalized spacial score (nSPS) is 23.1. The molecule has 2 aliphatic carbocycles. The Balaban J connectivity index is 1.59. The highest BCUT2D eigenvalue weighted by Gasteiger charge is 2.41. The van der Waals surface area contributed by atoms with Crippen molar-refractivity contribution in [1.29, 1.82) is 0 Å². The first-order chi connectivity index (χ1) is 12.9. The minimum absolute atomic E-state index is 0.0408. The van der Waals surface area contributed by atoms with Crippen molar-refractivity contribution in [3.8, 4) is 5.82 Å².